The highest BCUT2D eigenvalue weighted by atomic mass is 35.5. The van der Waals surface area contributed by atoms with Gasteiger partial charge in [0, 0.05) is 0 Å². The maximum atomic E-state index is 9.37. The highest BCUT2D eigenvalue weighted by molar-refractivity contribution is 6.42. The highest BCUT2D eigenvalue weighted by Gasteiger charge is 2.05. The summed E-state index contributed by atoms with van der Waals surface area (Å²) >= 11 is 11.9. The molecular weight excluding hydrogens is 317 g/mol. The van der Waals surface area contributed by atoms with Crippen LogP contribution in [-0.4, -0.2) is 6.61 Å². The lowest BCUT2D eigenvalue weighted by Crippen LogP contribution is -1.92. The van der Waals surface area contributed by atoms with Gasteiger partial charge in [-0.25, -0.2) is 0 Å². The van der Waals surface area contributed by atoms with Crippen LogP contribution < -0.4 is 4.74 Å². The van der Waals surface area contributed by atoms with Crippen LogP contribution in [0.15, 0.2) is 55.1 Å². The molecule has 22 heavy (non-hydrogen) atoms. The van der Waals surface area contributed by atoms with E-state index in [4.69, 9.17) is 27.9 Å². The molecule has 0 aromatic heterocycles. The van der Waals surface area contributed by atoms with E-state index in [1.807, 2.05) is 24.3 Å². The Kier molecular flexibility index (Phi) is 5.66. The number of halogens is 2. The number of rotatable bonds is 5. The van der Waals surface area contributed by atoms with E-state index in [1.165, 1.54) is 0 Å². The van der Waals surface area contributed by atoms with Gasteiger partial charge in [-0.2, -0.15) is 5.26 Å². The summed E-state index contributed by atoms with van der Waals surface area (Å²) in [6.07, 6.45) is 3.46. The molecule has 0 radical (unpaired) electrons. The van der Waals surface area contributed by atoms with Gasteiger partial charge in [0.25, 0.3) is 0 Å². The van der Waals surface area contributed by atoms with E-state index in [-0.39, 0.29) is 0 Å². The van der Waals surface area contributed by atoms with Crippen LogP contribution in [0.5, 0.6) is 5.75 Å². The van der Waals surface area contributed by atoms with Gasteiger partial charge < -0.3 is 4.74 Å². The van der Waals surface area contributed by atoms with Crippen molar-refractivity contribution in [3.63, 3.8) is 0 Å². The number of hydrogen-bond donors (Lipinski definition) is 0. The first-order valence-electron chi connectivity index (χ1n) is 6.55. The summed E-state index contributed by atoms with van der Waals surface area (Å²) in [6.45, 7) is 4.05. The molecule has 0 unspecified atom stereocenters. The first-order chi connectivity index (χ1) is 10.6. The van der Waals surface area contributed by atoms with Gasteiger partial charge in [-0.15, -0.1) is 0 Å². The van der Waals surface area contributed by atoms with Gasteiger partial charge in [0.05, 0.1) is 21.7 Å². The Hall–Kier alpha value is -2.21. The van der Waals surface area contributed by atoms with Crippen LogP contribution in [0.3, 0.4) is 0 Å². The zero-order valence-corrected chi connectivity index (χ0v) is 13.2. The van der Waals surface area contributed by atoms with Crippen molar-refractivity contribution < 1.29 is 4.74 Å². The maximum absolute atomic E-state index is 9.37. The molecule has 0 saturated carbocycles. The van der Waals surface area contributed by atoms with Crippen LogP contribution in [0.1, 0.15) is 11.1 Å². The van der Waals surface area contributed by atoms with Crippen LogP contribution in [0.2, 0.25) is 10.0 Å². The lowest BCUT2D eigenvalue weighted by molar-refractivity contribution is 0.363. The molecule has 2 nitrogen and oxygen atoms in total. The summed E-state index contributed by atoms with van der Waals surface area (Å²) in [5.41, 5.74) is 2.08. The van der Waals surface area contributed by atoms with Gasteiger partial charge in [0.2, 0.25) is 0 Å². The molecule has 0 aliphatic rings. The summed E-state index contributed by atoms with van der Waals surface area (Å²) in [5.74, 6) is 0.722. The van der Waals surface area contributed by atoms with Gasteiger partial charge in [0.1, 0.15) is 12.4 Å². The van der Waals surface area contributed by atoms with Gasteiger partial charge in [-0.3, -0.25) is 0 Å². The van der Waals surface area contributed by atoms with Gasteiger partial charge >= 0.3 is 0 Å². The molecule has 0 aliphatic carbocycles. The molecule has 2 rings (SSSR count). The lowest BCUT2D eigenvalue weighted by Gasteiger charge is -2.05. The molecular formula is C18H13Cl2NO. The van der Waals surface area contributed by atoms with Crippen molar-refractivity contribution in [1.29, 1.82) is 5.26 Å². The SMILES string of the molecule is C=CCOc1cccc(/C=C(/C#N)c2ccc(Cl)c(Cl)c2)c1. The predicted octanol–water partition coefficient (Wildman–Crippen LogP) is 5.62. The van der Waals surface area contributed by atoms with Crippen LogP contribution >= 0.6 is 23.2 Å². The minimum atomic E-state index is 0.420. The molecule has 4 heteroatoms. The second kappa shape index (κ2) is 7.70. The van der Waals surface area contributed by atoms with Gasteiger partial charge in [-0.05, 0) is 41.5 Å². The first-order valence-corrected chi connectivity index (χ1v) is 7.30. The fourth-order valence-corrected chi connectivity index (χ4v) is 2.16. The molecule has 0 saturated heterocycles. The third kappa shape index (κ3) is 4.14. The normalized spacial score (nSPS) is 10.9. The number of hydrogen-bond acceptors (Lipinski definition) is 2. The summed E-state index contributed by atoms with van der Waals surface area (Å²) in [5, 5.41) is 10.3. The average molecular weight is 330 g/mol. The molecule has 0 aliphatic heterocycles. The second-order valence-electron chi connectivity index (χ2n) is 4.47. The minimum absolute atomic E-state index is 0.420. The van der Waals surface area contributed by atoms with E-state index in [0.717, 1.165) is 11.3 Å². The molecule has 0 bridgehead atoms. The molecule has 0 N–H and O–H groups in total. The molecule has 2 aromatic rings. The summed E-state index contributed by atoms with van der Waals surface area (Å²) in [4.78, 5) is 0. The van der Waals surface area contributed by atoms with Crippen molar-refractivity contribution in [2.24, 2.45) is 0 Å². The Morgan fingerprint density at radius 1 is 1.18 bits per heavy atom. The number of allylic oxidation sites excluding steroid dienone is 1. The van der Waals surface area contributed by atoms with Crippen molar-refractivity contribution in [3.8, 4) is 11.8 Å². The van der Waals surface area contributed by atoms with Crippen molar-refractivity contribution in [2.45, 2.75) is 0 Å². The van der Waals surface area contributed by atoms with E-state index in [2.05, 4.69) is 12.6 Å². The Morgan fingerprint density at radius 2 is 2.00 bits per heavy atom. The van der Waals surface area contributed by atoms with Crippen LogP contribution in [0, 0.1) is 11.3 Å². The van der Waals surface area contributed by atoms with Crippen molar-refractivity contribution in [3.05, 3.63) is 76.3 Å². The van der Waals surface area contributed by atoms with Crippen molar-refractivity contribution in [1.82, 2.24) is 0 Å². The minimum Gasteiger partial charge on any atom is -0.490 e. The molecule has 110 valence electrons. The van der Waals surface area contributed by atoms with Crippen molar-refractivity contribution in [2.75, 3.05) is 6.61 Å². The summed E-state index contributed by atoms with van der Waals surface area (Å²) < 4.78 is 5.48. The predicted molar refractivity (Wildman–Crippen MR) is 92.1 cm³/mol. The van der Waals surface area contributed by atoms with Crippen LogP contribution in [0.25, 0.3) is 11.6 Å². The summed E-state index contributed by atoms with van der Waals surface area (Å²) in [6, 6.07) is 14.8. The fraction of sp³-hybridized carbons (Fsp3) is 0.0556. The monoisotopic (exact) mass is 329 g/mol. The first kappa shape index (κ1) is 16.2. The molecule has 0 atom stereocenters. The fourth-order valence-electron chi connectivity index (χ4n) is 1.86. The number of nitrogens with zero attached hydrogens (tertiary/aromatic N) is 1. The lowest BCUT2D eigenvalue weighted by atomic mass is 10.0. The Bertz CT molecular complexity index is 760. The third-order valence-electron chi connectivity index (χ3n) is 2.89. The number of nitriles is 1. The number of benzene rings is 2. The Morgan fingerprint density at radius 3 is 2.68 bits per heavy atom. The molecule has 0 spiro atoms. The van der Waals surface area contributed by atoms with Crippen LogP contribution in [-0.2, 0) is 0 Å². The van der Waals surface area contributed by atoms with E-state index in [9.17, 15) is 5.26 Å². The highest BCUT2D eigenvalue weighted by Crippen LogP contribution is 2.27. The van der Waals surface area contributed by atoms with E-state index in [1.54, 1.807) is 30.4 Å². The van der Waals surface area contributed by atoms with Gasteiger partial charge in [-0.1, -0.05) is 54.1 Å². The molecule has 2 aromatic carbocycles. The van der Waals surface area contributed by atoms with Crippen LogP contribution in [0.4, 0.5) is 0 Å². The zero-order valence-electron chi connectivity index (χ0n) is 11.7. The summed E-state index contributed by atoms with van der Waals surface area (Å²) in [7, 11) is 0. The van der Waals surface area contributed by atoms with Gasteiger partial charge in [0.15, 0.2) is 0 Å². The number of ether oxygens (including phenoxy) is 1. The smallest absolute Gasteiger partial charge is 0.120 e. The zero-order chi connectivity index (χ0) is 15.9. The topological polar surface area (TPSA) is 33.0 Å². The Labute approximate surface area is 139 Å². The van der Waals surface area contributed by atoms with Crippen molar-refractivity contribution >= 4 is 34.9 Å². The molecule has 0 fully saturated rings. The van der Waals surface area contributed by atoms with E-state index < -0.39 is 0 Å². The maximum Gasteiger partial charge on any atom is 0.120 e. The molecule has 0 heterocycles. The second-order valence-corrected chi connectivity index (χ2v) is 5.29. The Balaban J connectivity index is 2.34. The quantitative estimate of drug-likeness (QED) is 0.405. The standard InChI is InChI=1S/C18H13Cl2NO/c1-2-8-22-16-5-3-4-13(10-16)9-15(12-21)14-6-7-17(19)18(20)11-14/h2-7,9-11H,1,8H2/b15-9-. The third-order valence-corrected chi connectivity index (χ3v) is 3.63. The molecule has 0 amide bonds. The van der Waals surface area contributed by atoms with E-state index >= 15 is 0 Å². The van der Waals surface area contributed by atoms with E-state index in [0.29, 0.717) is 27.8 Å². The average Bonchev–Trinajstić information content (AvgIpc) is 2.54. The largest absolute Gasteiger partial charge is 0.490 e.